The molecule has 2 nitrogen and oxygen atoms in total. The van der Waals surface area contributed by atoms with Gasteiger partial charge in [-0.15, -0.1) is 11.3 Å². The van der Waals surface area contributed by atoms with Crippen LogP contribution in [-0.4, -0.2) is 12.1 Å². The molecular weight excluding hydrogens is 184 g/mol. The van der Waals surface area contributed by atoms with E-state index in [9.17, 15) is 4.79 Å². The van der Waals surface area contributed by atoms with Crippen LogP contribution in [0.3, 0.4) is 0 Å². The van der Waals surface area contributed by atoms with Crippen molar-refractivity contribution in [2.45, 2.75) is 32.3 Å². The van der Waals surface area contributed by atoms with Crippen molar-refractivity contribution < 1.29 is 9.53 Å². The maximum atomic E-state index is 11.4. The van der Waals surface area contributed by atoms with Crippen LogP contribution in [0.15, 0.2) is 11.4 Å². The summed E-state index contributed by atoms with van der Waals surface area (Å²) in [5.74, 6) is -0.158. The molecule has 70 valence electrons. The fraction of sp³-hybridized carbons (Fsp3) is 0.500. The lowest BCUT2D eigenvalue weighted by Crippen LogP contribution is -2.24. The van der Waals surface area contributed by atoms with Crippen LogP contribution in [-0.2, 0) is 4.74 Å². The second-order valence-corrected chi connectivity index (χ2v) is 4.52. The molecule has 0 bridgehead atoms. The highest BCUT2D eigenvalue weighted by Crippen LogP contribution is 2.24. The van der Waals surface area contributed by atoms with E-state index in [2.05, 4.69) is 0 Å². The van der Waals surface area contributed by atoms with Crippen LogP contribution in [0, 0.1) is 6.92 Å². The molecule has 0 unspecified atom stereocenters. The van der Waals surface area contributed by atoms with Crippen LogP contribution in [0.5, 0.6) is 0 Å². The topological polar surface area (TPSA) is 26.3 Å². The SMILES string of the molecule is Cc1cc(C(=O)OC2CCC2)cs1. The van der Waals surface area contributed by atoms with Gasteiger partial charge < -0.3 is 4.74 Å². The molecule has 1 aliphatic carbocycles. The van der Waals surface area contributed by atoms with Gasteiger partial charge in [0.15, 0.2) is 0 Å². The van der Waals surface area contributed by atoms with E-state index in [1.807, 2.05) is 18.4 Å². The van der Waals surface area contributed by atoms with Crippen LogP contribution in [0.25, 0.3) is 0 Å². The van der Waals surface area contributed by atoms with Crippen LogP contribution in [0.4, 0.5) is 0 Å². The lowest BCUT2D eigenvalue weighted by molar-refractivity contribution is 0.00906. The Morgan fingerprint density at radius 2 is 2.38 bits per heavy atom. The van der Waals surface area contributed by atoms with Crippen LogP contribution in [0.2, 0.25) is 0 Å². The predicted octanol–water partition coefficient (Wildman–Crippen LogP) is 2.77. The van der Waals surface area contributed by atoms with Gasteiger partial charge >= 0.3 is 5.97 Å². The first kappa shape index (κ1) is 8.75. The van der Waals surface area contributed by atoms with Gasteiger partial charge in [0, 0.05) is 10.3 Å². The second kappa shape index (κ2) is 3.50. The highest BCUT2D eigenvalue weighted by molar-refractivity contribution is 7.10. The third-order valence-electron chi connectivity index (χ3n) is 2.29. The summed E-state index contributed by atoms with van der Waals surface area (Å²) in [7, 11) is 0. The molecule has 1 aliphatic rings. The summed E-state index contributed by atoms with van der Waals surface area (Å²) in [5, 5.41) is 1.86. The van der Waals surface area contributed by atoms with Crippen molar-refractivity contribution in [2.75, 3.05) is 0 Å². The molecule has 0 N–H and O–H groups in total. The Morgan fingerprint density at radius 3 is 2.85 bits per heavy atom. The molecule has 0 aromatic carbocycles. The molecule has 0 atom stereocenters. The Morgan fingerprint density at radius 1 is 1.62 bits per heavy atom. The smallest absolute Gasteiger partial charge is 0.339 e. The number of thiophene rings is 1. The maximum absolute atomic E-state index is 11.4. The van der Waals surface area contributed by atoms with E-state index in [0.717, 1.165) is 17.7 Å². The van der Waals surface area contributed by atoms with E-state index in [-0.39, 0.29) is 12.1 Å². The fourth-order valence-electron chi connectivity index (χ4n) is 1.26. The number of carbonyl (C=O) groups excluding carboxylic acids is 1. The van der Waals surface area contributed by atoms with Gasteiger partial charge in [-0.25, -0.2) is 4.79 Å². The molecule has 0 spiro atoms. The molecule has 2 rings (SSSR count). The van der Waals surface area contributed by atoms with Gasteiger partial charge in [-0.3, -0.25) is 0 Å². The van der Waals surface area contributed by atoms with Crippen molar-refractivity contribution in [3.05, 3.63) is 21.9 Å². The predicted molar refractivity (Wildman–Crippen MR) is 52.1 cm³/mol. The monoisotopic (exact) mass is 196 g/mol. The summed E-state index contributed by atoms with van der Waals surface area (Å²) >= 11 is 1.58. The van der Waals surface area contributed by atoms with Crippen molar-refractivity contribution in [1.82, 2.24) is 0 Å². The molecule has 1 fully saturated rings. The van der Waals surface area contributed by atoms with Crippen LogP contribution >= 0.6 is 11.3 Å². The maximum Gasteiger partial charge on any atom is 0.339 e. The summed E-state index contributed by atoms with van der Waals surface area (Å²) in [5.41, 5.74) is 0.703. The number of rotatable bonds is 2. The summed E-state index contributed by atoms with van der Waals surface area (Å²) in [4.78, 5) is 12.6. The zero-order chi connectivity index (χ0) is 9.26. The lowest BCUT2D eigenvalue weighted by atomic mass is 9.96. The standard InChI is InChI=1S/C10H12O2S/c1-7-5-8(6-13-7)10(11)12-9-3-2-4-9/h5-6,9H,2-4H2,1H3. The van der Waals surface area contributed by atoms with Gasteiger partial charge in [-0.2, -0.15) is 0 Å². The number of esters is 1. The minimum Gasteiger partial charge on any atom is -0.459 e. The zero-order valence-electron chi connectivity index (χ0n) is 7.58. The molecule has 1 heterocycles. The van der Waals surface area contributed by atoms with E-state index in [1.54, 1.807) is 11.3 Å². The minimum atomic E-state index is -0.158. The van der Waals surface area contributed by atoms with E-state index in [1.165, 1.54) is 6.42 Å². The van der Waals surface area contributed by atoms with E-state index in [0.29, 0.717) is 5.56 Å². The highest BCUT2D eigenvalue weighted by Gasteiger charge is 2.22. The molecule has 0 saturated heterocycles. The van der Waals surface area contributed by atoms with E-state index in [4.69, 9.17) is 4.74 Å². The average molecular weight is 196 g/mol. The second-order valence-electron chi connectivity index (χ2n) is 3.40. The normalized spacial score (nSPS) is 16.7. The van der Waals surface area contributed by atoms with Gasteiger partial charge in [0.2, 0.25) is 0 Å². The van der Waals surface area contributed by atoms with Crippen molar-refractivity contribution in [2.24, 2.45) is 0 Å². The first-order chi connectivity index (χ1) is 6.25. The van der Waals surface area contributed by atoms with Gasteiger partial charge in [0.25, 0.3) is 0 Å². The summed E-state index contributed by atoms with van der Waals surface area (Å²) < 4.78 is 5.25. The lowest BCUT2D eigenvalue weighted by Gasteiger charge is -2.24. The summed E-state index contributed by atoms with van der Waals surface area (Å²) in [6, 6.07) is 1.88. The molecule has 3 heteroatoms. The van der Waals surface area contributed by atoms with E-state index >= 15 is 0 Å². The molecule has 1 aromatic rings. The molecular formula is C10H12O2S. The van der Waals surface area contributed by atoms with Gasteiger partial charge in [0.05, 0.1) is 5.56 Å². The van der Waals surface area contributed by atoms with Gasteiger partial charge in [0.1, 0.15) is 6.10 Å². The van der Waals surface area contributed by atoms with Gasteiger partial charge in [-0.1, -0.05) is 0 Å². The number of carbonyl (C=O) groups is 1. The highest BCUT2D eigenvalue weighted by atomic mass is 32.1. The Kier molecular flexibility index (Phi) is 2.36. The van der Waals surface area contributed by atoms with Crippen molar-refractivity contribution >= 4 is 17.3 Å². The number of hydrogen-bond acceptors (Lipinski definition) is 3. The molecule has 0 aliphatic heterocycles. The van der Waals surface area contributed by atoms with Crippen LogP contribution in [0.1, 0.15) is 34.5 Å². The first-order valence-electron chi connectivity index (χ1n) is 4.52. The first-order valence-corrected chi connectivity index (χ1v) is 5.40. The molecule has 1 saturated carbocycles. The Bertz CT molecular complexity index is 312. The van der Waals surface area contributed by atoms with Crippen LogP contribution < -0.4 is 0 Å². The third kappa shape index (κ3) is 1.91. The average Bonchev–Trinajstić information content (AvgIpc) is 2.44. The molecule has 0 radical (unpaired) electrons. The third-order valence-corrected chi connectivity index (χ3v) is 3.15. The van der Waals surface area contributed by atoms with E-state index < -0.39 is 0 Å². The molecule has 0 amide bonds. The Balaban J connectivity index is 1.96. The summed E-state index contributed by atoms with van der Waals surface area (Å²) in [6.45, 7) is 1.99. The Hall–Kier alpha value is -0.830. The van der Waals surface area contributed by atoms with Crippen molar-refractivity contribution in [3.63, 3.8) is 0 Å². The molecule has 1 aromatic heterocycles. The number of aryl methyl sites for hydroxylation is 1. The van der Waals surface area contributed by atoms with Crippen molar-refractivity contribution in [3.8, 4) is 0 Å². The fourth-order valence-corrected chi connectivity index (χ4v) is 1.93. The largest absolute Gasteiger partial charge is 0.459 e. The number of hydrogen-bond donors (Lipinski definition) is 0. The van der Waals surface area contributed by atoms with Crippen molar-refractivity contribution in [1.29, 1.82) is 0 Å². The molecule has 13 heavy (non-hydrogen) atoms. The zero-order valence-corrected chi connectivity index (χ0v) is 8.39. The minimum absolute atomic E-state index is 0.158. The summed E-state index contributed by atoms with van der Waals surface area (Å²) in [6.07, 6.45) is 3.46. The quantitative estimate of drug-likeness (QED) is 0.680. The Labute approximate surface area is 81.5 Å². The van der Waals surface area contributed by atoms with Gasteiger partial charge in [-0.05, 0) is 32.3 Å². The number of ether oxygens (including phenoxy) is 1.